The molecule has 1 aliphatic rings. The van der Waals surface area contributed by atoms with Gasteiger partial charge in [-0.3, -0.25) is 9.59 Å². The molecule has 0 saturated carbocycles. The summed E-state index contributed by atoms with van der Waals surface area (Å²) >= 11 is 0. The van der Waals surface area contributed by atoms with Crippen LogP contribution in [0.2, 0.25) is 0 Å². The van der Waals surface area contributed by atoms with Gasteiger partial charge in [0, 0.05) is 16.5 Å². The van der Waals surface area contributed by atoms with Crippen LogP contribution in [0.25, 0.3) is 10.8 Å². The topological polar surface area (TPSA) is 34.1 Å². The van der Waals surface area contributed by atoms with Gasteiger partial charge in [-0.25, -0.2) is 0 Å². The first-order chi connectivity index (χ1) is 7.20. The van der Waals surface area contributed by atoms with Crippen LogP contribution in [-0.2, 0) is 0 Å². The fourth-order valence-corrected chi connectivity index (χ4v) is 2.05. The second kappa shape index (κ2) is 2.57. The van der Waals surface area contributed by atoms with E-state index < -0.39 is 11.6 Å². The van der Waals surface area contributed by atoms with Crippen LogP contribution in [-0.4, -0.2) is 19.4 Å². The molecule has 0 unspecified atom stereocenters. The van der Waals surface area contributed by atoms with Crippen molar-refractivity contribution in [3.05, 3.63) is 41.5 Å². The first-order valence-corrected chi connectivity index (χ1v) is 4.60. The van der Waals surface area contributed by atoms with Crippen molar-refractivity contribution in [1.82, 2.24) is 0 Å². The van der Waals surface area contributed by atoms with Gasteiger partial charge in [0.1, 0.15) is 7.85 Å². The molecule has 2 aromatic rings. The Balaban J connectivity index is 2.62. The third kappa shape index (κ3) is 0.898. The molecule has 0 fully saturated rings. The number of carbonyl (C=O) groups excluding carboxylic acids is 2. The molecule has 0 aromatic heterocycles. The number of benzene rings is 2. The molecule has 0 bridgehead atoms. The summed E-state index contributed by atoms with van der Waals surface area (Å²) in [5, 5.41) is 1.48. The fraction of sp³-hybridized carbons (Fsp3) is 0. The molecule has 0 N–H and O–H groups in total. The molecular weight excluding hydrogens is 187 g/mol. The predicted molar refractivity (Wildman–Crippen MR) is 58.0 cm³/mol. The minimum atomic E-state index is -0.429. The van der Waals surface area contributed by atoms with Gasteiger partial charge in [-0.15, -0.1) is 0 Å². The van der Waals surface area contributed by atoms with Crippen molar-refractivity contribution < 1.29 is 9.59 Å². The van der Waals surface area contributed by atoms with E-state index in [1.165, 1.54) is 0 Å². The maximum atomic E-state index is 11.6. The summed E-state index contributed by atoms with van der Waals surface area (Å²) in [6.07, 6.45) is 0. The van der Waals surface area contributed by atoms with Crippen LogP contribution in [0.3, 0.4) is 0 Å². The molecule has 2 nitrogen and oxygen atoms in total. The normalized spacial score (nSPS) is 13.9. The van der Waals surface area contributed by atoms with Gasteiger partial charge >= 0.3 is 0 Å². The molecule has 68 valence electrons. The summed E-state index contributed by atoms with van der Waals surface area (Å²) in [4.78, 5) is 23.2. The van der Waals surface area contributed by atoms with Crippen LogP contribution in [0.5, 0.6) is 0 Å². The van der Waals surface area contributed by atoms with Crippen LogP contribution in [0.4, 0.5) is 0 Å². The van der Waals surface area contributed by atoms with Gasteiger partial charge in [-0.2, -0.15) is 0 Å². The van der Waals surface area contributed by atoms with E-state index in [0.717, 1.165) is 5.39 Å². The first kappa shape index (κ1) is 8.42. The zero-order chi connectivity index (χ0) is 10.6. The summed E-state index contributed by atoms with van der Waals surface area (Å²) in [6, 6.07) is 8.52. The highest BCUT2D eigenvalue weighted by Gasteiger charge is 2.30. The van der Waals surface area contributed by atoms with Crippen LogP contribution >= 0.6 is 0 Å². The third-order valence-corrected chi connectivity index (χ3v) is 2.77. The van der Waals surface area contributed by atoms with Gasteiger partial charge in [-0.05, 0) is 5.39 Å². The standard InChI is InChI=1S/C12H5BO2/c13-9-5-4-8-10-6(9)2-1-3-7(10)11(14)12(8)15/h1-5H. The van der Waals surface area contributed by atoms with Crippen molar-refractivity contribution in [1.29, 1.82) is 0 Å². The van der Waals surface area contributed by atoms with Crippen molar-refractivity contribution in [2.24, 2.45) is 0 Å². The maximum absolute atomic E-state index is 11.6. The van der Waals surface area contributed by atoms with Gasteiger partial charge in [0.25, 0.3) is 0 Å². The first-order valence-electron chi connectivity index (χ1n) is 4.60. The number of hydrogen-bond acceptors (Lipinski definition) is 2. The molecule has 0 amide bonds. The van der Waals surface area contributed by atoms with Crippen molar-refractivity contribution in [2.45, 2.75) is 0 Å². The lowest BCUT2D eigenvalue weighted by Gasteiger charge is -2.02. The third-order valence-electron chi connectivity index (χ3n) is 2.77. The Labute approximate surface area is 87.3 Å². The Morgan fingerprint density at radius 2 is 1.53 bits per heavy atom. The van der Waals surface area contributed by atoms with Gasteiger partial charge in [0.2, 0.25) is 11.6 Å². The van der Waals surface area contributed by atoms with Crippen LogP contribution < -0.4 is 5.46 Å². The largest absolute Gasteiger partial charge is 0.285 e. The average molecular weight is 192 g/mol. The quantitative estimate of drug-likeness (QED) is 0.461. The maximum Gasteiger partial charge on any atom is 0.234 e. The van der Waals surface area contributed by atoms with Gasteiger partial charge in [-0.1, -0.05) is 35.8 Å². The van der Waals surface area contributed by atoms with Crippen molar-refractivity contribution in [3.63, 3.8) is 0 Å². The number of Topliss-reactive ketones (excluding diaryl/α,β-unsaturated/α-hetero) is 2. The van der Waals surface area contributed by atoms with Crippen molar-refractivity contribution in [2.75, 3.05) is 0 Å². The molecule has 0 spiro atoms. The van der Waals surface area contributed by atoms with Crippen LogP contribution in [0.1, 0.15) is 20.7 Å². The Hall–Kier alpha value is -1.90. The van der Waals surface area contributed by atoms with Gasteiger partial charge in [0.05, 0.1) is 0 Å². The zero-order valence-corrected chi connectivity index (χ0v) is 7.78. The molecule has 15 heavy (non-hydrogen) atoms. The van der Waals surface area contributed by atoms with Crippen LogP contribution in [0.15, 0.2) is 30.3 Å². The number of ketones is 2. The summed E-state index contributed by atoms with van der Waals surface area (Å²) in [5.41, 5.74) is 1.54. The Morgan fingerprint density at radius 1 is 0.867 bits per heavy atom. The minimum absolute atomic E-state index is 0.429. The molecule has 3 heteroatoms. The van der Waals surface area contributed by atoms with E-state index in [4.69, 9.17) is 7.85 Å². The minimum Gasteiger partial charge on any atom is -0.285 e. The van der Waals surface area contributed by atoms with Crippen LogP contribution in [0, 0.1) is 0 Å². The molecule has 1 aliphatic carbocycles. The molecule has 0 heterocycles. The Kier molecular flexibility index (Phi) is 1.44. The highest BCUT2D eigenvalue weighted by atomic mass is 16.2. The molecule has 2 aromatic carbocycles. The molecule has 2 radical (unpaired) electrons. The Morgan fingerprint density at radius 3 is 2.27 bits per heavy atom. The Bertz CT molecular complexity index is 609. The highest BCUT2D eigenvalue weighted by molar-refractivity contribution is 6.58. The second-order valence-corrected chi connectivity index (χ2v) is 3.59. The smallest absolute Gasteiger partial charge is 0.234 e. The second-order valence-electron chi connectivity index (χ2n) is 3.59. The summed E-state index contributed by atoms with van der Waals surface area (Å²) in [5.74, 6) is -0.859. The molecular formula is C12H5BO2. The lowest BCUT2D eigenvalue weighted by atomic mass is 9.88. The van der Waals surface area contributed by atoms with E-state index in [-0.39, 0.29) is 0 Å². The summed E-state index contributed by atoms with van der Waals surface area (Å²) in [7, 11) is 5.79. The monoisotopic (exact) mass is 192 g/mol. The fourth-order valence-electron chi connectivity index (χ4n) is 2.05. The van der Waals surface area contributed by atoms with Gasteiger partial charge in [0.15, 0.2) is 0 Å². The highest BCUT2D eigenvalue weighted by Crippen LogP contribution is 2.29. The molecule has 0 saturated heterocycles. The number of carbonyl (C=O) groups is 2. The van der Waals surface area contributed by atoms with E-state index in [0.29, 0.717) is 22.0 Å². The summed E-state index contributed by atoms with van der Waals surface area (Å²) < 4.78 is 0. The van der Waals surface area contributed by atoms with Crippen molar-refractivity contribution in [3.8, 4) is 0 Å². The average Bonchev–Trinajstić information content (AvgIpc) is 2.50. The van der Waals surface area contributed by atoms with E-state index in [2.05, 4.69) is 0 Å². The molecule has 0 atom stereocenters. The predicted octanol–water partition coefficient (Wildman–Crippen LogP) is 1.01. The van der Waals surface area contributed by atoms with Gasteiger partial charge < -0.3 is 0 Å². The van der Waals surface area contributed by atoms with E-state index >= 15 is 0 Å². The van der Waals surface area contributed by atoms with E-state index in [1.807, 2.05) is 6.07 Å². The lowest BCUT2D eigenvalue weighted by molar-refractivity contribution is 0.0825. The van der Waals surface area contributed by atoms with Crippen molar-refractivity contribution >= 4 is 35.6 Å². The lowest BCUT2D eigenvalue weighted by Crippen LogP contribution is -2.06. The molecule has 0 aliphatic heterocycles. The number of hydrogen-bond donors (Lipinski definition) is 0. The van der Waals surface area contributed by atoms with E-state index in [1.54, 1.807) is 24.3 Å². The summed E-state index contributed by atoms with van der Waals surface area (Å²) in [6.45, 7) is 0. The zero-order valence-electron chi connectivity index (χ0n) is 7.78. The SMILES string of the molecule is [B]c1ccc2c3c(cccc13)C(=O)C2=O. The number of rotatable bonds is 0. The molecule has 3 rings (SSSR count). The van der Waals surface area contributed by atoms with E-state index in [9.17, 15) is 9.59 Å².